The van der Waals surface area contributed by atoms with E-state index in [0.717, 1.165) is 38.8 Å². The van der Waals surface area contributed by atoms with E-state index in [1.165, 1.54) is 19.3 Å². The van der Waals surface area contributed by atoms with Crippen LogP contribution in [0.15, 0.2) is 0 Å². The van der Waals surface area contributed by atoms with Crippen molar-refractivity contribution in [3.8, 4) is 0 Å². The summed E-state index contributed by atoms with van der Waals surface area (Å²) in [6.45, 7) is 2.26. The van der Waals surface area contributed by atoms with E-state index in [-0.39, 0.29) is 18.0 Å². The van der Waals surface area contributed by atoms with E-state index in [4.69, 9.17) is 0 Å². The van der Waals surface area contributed by atoms with Crippen LogP contribution in [-0.2, 0) is 4.79 Å². The lowest BCUT2D eigenvalue weighted by molar-refractivity contribution is -0.123. The number of rotatable bonds is 4. The molecule has 0 spiro atoms. The highest BCUT2D eigenvalue weighted by molar-refractivity contribution is 5.78. The van der Waals surface area contributed by atoms with Gasteiger partial charge in [-0.3, -0.25) is 9.69 Å². The van der Waals surface area contributed by atoms with Gasteiger partial charge in [0.15, 0.2) is 0 Å². The zero-order valence-corrected chi connectivity index (χ0v) is 14.9. The van der Waals surface area contributed by atoms with Crippen molar-refractivity contribution in [2.45, 2.75) is 57.0 Å². The molecule has 1 aliphatic heterocycles. The van der Waals surface area contributed by atoms with Crippen LogP contribution in [0.3, 0.4) is 0 Å². The molecular formula is C17H32N4O2. The SMILES string of the molecule is CN(C)C(=O)N(C)C1CCN(CC(=O)NC2CCCCC2)CC1. The first kappa shape index (κ1) is 18.0. The van der Waals surface area contributed by atoms with E-state index in [2.05, 4.69) is 10.2 Å². The van der Waals surface area contributed by atoms with E-state index in [9.17, 15) is 9.59 Å². The monoisotopic (exact) mass is 324 g/mol. The topological polar surface area (TPSA) is 55.9 Å². The van der Waals surface area contributed by atoms with Gasteiger partial charge in [-0.05, 0) is 25.7 Å². The van der Waals surface area contributed by atoms with Crippen LogP contribution in [-0.4, -0.2) is 79.5 Å². The second-order valence-electron chi connectivity index (χ2n) is 7.20. The number of urea groups is 1. The quantitative estimate of drug-likeness (QED) is 0.853. The van der Waals surface area contributed by atoms with E-state index < -0.39 is 0 Å². The van der Waals surface area contributed by atoms with Crippen LogP contribution in [0.5, 0.6) is 0 Å². The third-order valence-corrected chi connectivity index (χ3v) is 5.13. The van der Waals surface area contributed by atoms with Crippen molar-refractivity contribution < 1.29 is 9.59 Å². The highest BCUT2D eigenvalue weighted by Crippen LogP contribution is 2.18. The lowest BCUT2D eigenvalue weighted by atomic mass is 9.95. The van der Waals surface area contributed by atoms with Crippen LogP contribution in [0.25, 0.3) is 0 Å². The molecule has 1 saturated heterocycles. The minimum atomic E-state index is 0.0542. The van der Waals surface area contributed by atoms with Gasteiger partial charge in [-0.2, -0.15) is 0 Å². The number of nitrogens with zero attached hydrogens (tertiary/aromatic N) is 3. The molecule has 0 radical (unpaired) electrons. The van der Waals surface area contributed by atoms with Gasteiger partial charge in [0.25, 0.3) is 0 Å². The van der Waals surface area contributed by atoms with Crippen LogP contribution in [0, 0.1) is 0 Å². The third-order valence-electron chi connectivity index (χ3n) is 5.13. The molecule has 0 atom stereocenters. The van der Waals surface area contributed by atoms with Gasteiger partial charge in [-0.25, -0.2) is 4.79 Å². The smallest absolute Gasteiger partial charge is 0.319 e. The highest BCUT2D eigenvalue weighted by Gasteiger charge is 2.27. The van der Waals surface area contributed by atoms with E-state index >= 15 is 0 Å². The molecular weight excluding hydrogens is 292 g/mol. The molecule has 6 nitrogen and oxygen atoms in total. The summed E-state index contributed by atoms with van der Waals surface area (Å²) in [5.41, 5.74) is 0. The summed E-state index contributed by atoms with van der Waals surface area (Å²) in [6, 6.07) is 0.721. The van der Waals surface area contributed by atoms with E-state index in [1.807, 2.05) is 11.9 Å². The maximum atomic E-state index is 12.2. The number of likely N-dealkylation sites (tertiary alicyclic amines) is 1. The van der Waals surface area contributed by atoms with Crippen LogP contribution in [0.2, 0.25) is 0 Å². The zero-order chi connectivity index (χ0) is 16.8. The molecule has 6 heteroatoms. The Labute approximate surface area is 140 Å². The fourth-order valence-corrected chi connectivity index (χ4v) is 3.66. The lowest BCUT2D eigenvalue weighted by Crippen LogP contribution is -2.50. The molecule has 3 amide bonds. The van der Waals surface area contributed by atoms with Crippen molar-refractivity contribution >= 4 is 11.9 Å². The largest absolute Gasteiger partial charge is 0.352 e. The Morgan fingerprint density at radius 1 is 1.00 bits per heavy atom. The second-order valence-corrected chi connectivity index (χ2v) is 7.20. The van der Waals surface area contributed by atoms with Crippen molar-refractivity contribution in [2.75, 3.05) is 40.8 Å². The molecule has 132 valence electrons. The first-order valence-corrected chi connectivity index (χ1v) is 8.93. The maximum Gasteiger partial charge on any atom is 0.319 e. The van der Waals surface area contributed by atoms with Crippen molar-refractivity contribution in [3.63, 3.8) is 0 Å². The number of hydrogen-bond acceptors (Lipinski definition) is 3. The third kappa shape index (κ3) is 5.37. The molecule has 0 aromatic carbocycles. The van der Waals surface area contributed by atoms with Crippen molar-refractivity contribution in [1.82, 2.24) is 20.0 Å². The molecule has 0 unspecified atom stereocenters. The summed E-state index contributed by atoms with van der Waals surface area (Å²) in [5.74, 6) is 0.160. The summed E-state index contributed by atoms with van der Waals surface area (Å²) >= 11 is 0. The molecule has 1 heterocycles. The van der Waals surface area contributed by atoms with Crippen molar-refractivity contribution in [3.05, 3.63) is 0 Å². The second kappa shape index (κ2) is 8.52. The van der Waals surface area contributed by atoms with Crippen molar-refractivity contribution in [2.24, 2.45) is 0 Å². The normalized spacial score (nSPS) is 21.0. The summed E-state index contributed by atoms with van der Waals surface area (Å²) in [6.07, 6.45) is 7.92. The maximum absolute atomic E-state index is 12.2. The van der Waals surface area contributed by atoms with Gasteiger partial charge in [0, 0.05) is 46.3 Å². The fourth-order valence-electron chi connectivity index (χ4n) is 3.66. The molecule has 1 saturated carbocycles. The molecule has 2 rings (SSSR count). The standard InChI is InChI=1S/C17H32N4O2/c1-19(2)17(23)20(3)15-9-11-21(12-10-15)13-16(22)18-14-7-5-4-6-8-14/h14-15H,4-13H2,1-3H3,(H,18,22). The van der Waals surface area contributed by atoms with E-state index in [1.54, 1.807) is 19.0 Å². The number of carbonyl (C=O) groups excluding carboxylic acids is 2. The average Bonchev–Trinajstić information content (AvgIpc) is 2.55. The van der Waals surface area contributed by atoms with Gasteiger partial charge in [0.05, 0.1) is 6.54 Å². The van der Waals surface area contributed by atoms with Crippen LogP contribution in [0.4, 0.5) is 4.79 Å². The summed E-state index contributed by atoms with van der Waals surface area (Å²) in [7, 11) is 5.44. The predicted molar refractivity (Wildman–Crippen MR) is 91.3 cm³/mol. The predicted octanol–water partition coefficient (Wildman–Crippen LogP) is 1.51. The Bertz CT molecular complexity index is 399. The Morgan fingerprint density at radius 2 is 1.61 bits per heavy atom. The van der Waals surface area contributed by atoms with Crippen LogP contribution >= 0.6 is 0 Å². The van der Waals surface area contributed by atoms with Gasteiger partial charge in [0.2, 0.25) is 5.91 Å². The Hall–Kier alpha value is -1.30. The Kier molecular flexibility index (Phi) is 6.69. The highest BCUT2D eigenvalue weighted by atomic mass is 16.2. The first-order chi connectivity index (χ1) is 11.0. The number of piperidine rings is 1. The number of nitrogens with one attached hydrogen (secondary N) is 1. The number of carbonyl (C=O) groups is 2. The van der Waals surface area contributed by atoms with Gasteiger partial charge in [0.1, 0.15) is 0 Å². The Balaban J connectivity index is 1.69. The molecule has 1 N–H and O–H groups in total. The summed E-state index contributed by atoms with van der Waals surface area (Å²) < 4.78 is 0. The molecule has 0 bridgehead atoms. The Morgan fingerprint density at radius 3 is 2.17 bits per heavy atom. The van der Waals surface area contributed by atoms with Gasteiger partial charge >= 0.3 is 6.03 Å². The molecule has 0 aromatic rings. The van der Waals surface area contributed by atoms with Gasteiger partial charge in [-0.1, -0.05) is 19.3 Å². The number of hydrogen-bond donors (Lipinski definition) is 1. The molecule has 0 aromatic heterocycles. The average molecular weight is 324 g/mol. The minimum absolute atomic E-state index is 0.0542. The minimum Gasteiger partial charge on any atom is -0.352 e. The molecule has 2 aliphatic rings. The van der Waals surface area contributed by atoms with Crippen molar-refractivity contribution in [1.29, 1.82) is 0 Å². The fraction of sp³-hybridized carbons (Fsp3) is 0.882. The molecule has 1 aliphatic carbocycles. The van der Waals surface area contributed by atoms with Crippen LogP contribution in [0.1, 0.15) is 44.9 Å². The summed E-state index contributed by atoms with van der Waals surface area (Å²) in [4.78, 5) is 29.8. The lowest BCUT2D eigenvalue weighted by Gasteiger charge is -2.37. The first-order valence-electron chi connectivity index (χ1n) is 8.93. The van der Waals surface area contributed by atoms with Gasteiger partial charge < -0.3 is 15.1 Å². The molecule has 23 heavy (non-hydrogen) atoms. The van der Waals surface area contributed by atoms with E-state index in [0.29, 0.717) is 12.6 Å². The number of amides is 3. The zero-order valence-electron chi connectivity index (χ0n) is 14.9. The molecule has 2 fully saturated rings. The van der Waals surface area contributed by atoms with Crippen LogP contribution < -0.4 is 5.32 Å². The van der Waals surface area contributed by atoms with Gasteiger partial charge in [-0.15, -0.1) is 0 Å². The summed E-state index contributed by atoms with van der Waals surface area (Å²) in [5, 5.41) is 3.18.